The predicted molar refractivity (Wildman–Crippen MR) is 117 cm³/mol. The van der Waals surface area contributed by atoms with Crippen LogP contribution in [0.15, 0.2) is 51.8 Å². The summed E-state index contributed by atoms with van der Waals surface area (Å²) in [6.45, 7) is 2.55. The maximum absolute atomic E-state index is 13.2. The Morgan fingerprint density at radius 2 is 2.03 bits per heavy atom. The number of anilines is 1. The van der Waals surface area contributed by atoms with Gasteiger partial charge in [0.15, 0.2) is 5.84 Å². The number of rotatable bonds is 2. The second kappa shape index (κ2) is 7.17. The molecule has 1 saturated heterocycles. The number of sulfonamides is 1. The zero-order valence-electron chi connectivity index (χ0n) is 16.3. The molecule has 0 aliphatic carbocycles. The van der Waals surface area contributed by atoms with Crippen molar-refractivity contribution >= 4 is 49.0 Å². The van der Waals surface area contributed by atoms with Crippen LogP contribution in [-0.4, -0.2) is 42.6 Å². The molecule has 3 aromatic rings. The van der Waals surface area contributed by atoms with Crippen molar-refractivity contribution in [1.29, 1.82) is 0 Å². The van der Waals surface area contributed by atoms with Crippen molar-refractivity contribution in [2.75, 3.05) is 11.9 Å². The van der Waals surface area contributed by atoms with E-state index in [1.807, 2.05) is 30.0 Å². The molecule has 5 rings (SSSR count). The van der Waals surface area contributed by atoms with Gasteiger partial charge in [0.2, 0.25) is 5.91 Å². The number of hydrogen-bond acceptors (Lipinski definition) is 6. The third kappa shape index (κ3) is 3.27. The van der Waals surface area contributed by atoms with Gasteiger partial charge in [0.25, 0.3) is 10.0 Å². The fourth-order valence-corrected chi connectivity index (χ4v) is 6.18. The van der Waals surface area contributed by atoms with Crippen LogP contribution in [0.3, 0.4) is 0 Å². The summed E-state index contributed by atoms with van der Waals surface area (Å²) in [5, 5.41) is 3.98. The maximum Gasteiger partial charge on any atom is 0.285 e. The Morgan fingerprint density at radius 3 is 2.90 bits per heavy atom. The molecule has 1 unspecified atom stereocenters. The van der Waals surface area contributed by atoms with Gasteiger partial charge in [-0.3, -0.25) is 4.79 Å². The van der Waals surface area contributed by atoms with Gasteiger partial charge in [-0.05, 0) is 56.5 Å². The average Bonchev–Trinajstić information content (AvgIpc) is 3.24. The first kappa shape index (κ1) is 19.2. The second-order valence-corrected chi connectivity index (χ2v) is 10.3. The van der Waals surface area contributed by atoms with E-state index in [2.05, 4.69) is 14.7 Å². The van der Waals surface area contributed by atoms with Gasteiger partial charge in [0, 0.05) is 17.8 Å². The highest BCUT2D eigenvalue weighted by atomic mass is 32.2. The number of nitrogens with zero attached hydrogens (tertiary/aromatic N) is 3. The number of benzene rings is 2. The average molecular weight is 441 g/mol. The number of thiazole rings is 1. The third-order valence-corrected chi connectivity index (χ3v) is 7.71. The molecular weight excluding hydrogens is 420 g/mol. The summed E-state index contributed by atoms with van der Waals surface area (Å²) in [4.78, 5) is 19.7. The van der Waals surface area contributed by atoms with E-state index in [4.69, 9.17) is 0 Å². The quantitative estimate of drug-likeness (QED) is 0.658. The lowest BCUT2D eigenvalue weighted by molar-refractivity contribution is -0.120. The summed E-state index contributed by atoms with van der Waals surface area (Å²) in [6, 6.07) is 12.0. The molecule has 1 amide bonds. The normalized spacial score (nSPS) is 20.1. The van der Waals surface area contributed by atoms with Crippen LogP contribution < -0.4 is 5.32 Å². The molecule has 0 spiro atoms. The number of fused-ring (bicyclic) bond motifs is 2. The largest absolute Gasteiger partial charge is 0.343 e. The molecule has 1 aromatic heterocycles. The zero-order chi connectivity index (χ0) is 20.9. The molecule has 1 atom stereocenters. The first-order valence-corrected chi connectivity index (χ1v) is 12.1. The van der Waals surface area contributed by atoms with E-state index in [9.17, 15) is 13.2 Å². The molecule has 0 saturated carbocycles. The number of carbonyl (C=O) groups is 1. The van der Waals surface area contributed by atoms with Crippen molar-refractivity contribution in [3.05, 3.63) is 53.0 Å². The highest BCUT2D eigenvalue weighted by molar-refractivity contribution is 7.90. The Balaban J connectivity index is 1.44. The molecule has 3 heterocycles. The van der Waals surface area contributed by atoms with E-state index < -0.39 is 16.1 Å². The lowest BCUT2D eigenvalue weighted by atomic mass is 9.99. The number of carbonyl (C=O) groups excluding carboxylic acids is 1. The minimum absolute atomic E-state index is 0.153. The fourth-order valence-electron chi connectivity index (χ4n) is 4.10. The van der Waals surface area contributed by atoms with Gasteiger partial charge in [0.05, 0.1) is 15.2 Å². The van der Waals surface area contributed by atoms with Crippen LogP contribution in [0.4, 0.5) is 5.69 Å². The molecule has 9 heteroatoms. The monoisotopic (exact) mass is 440 g/mol. The van der Waals surface area contributed by atoms with Gasteiger partial charge in [0.1, 0.15) is 10.9 Å². The number of nitrogens with one attached hydrogen (secondary N) is 1. The van der Waals surface area contributed by atoms with Crippen molar-refractivity contribution in [3.8, 4) is 0 Å². The lowest BCUT2D eigenvalue weighted by Gasteiger charge is -2.36. The summed E-state index contributed by atoms with van der Waals surface area (Å²) < 4.78 is 30.0. The number of hydrogen-bond donors (Lipinski definition) is 1. The first-order valence-electron chi connectivity index (χ1n) is 9.81. The molecule has 1 fully saturated rings. The number of aryl methyl sites for hydroxylation is 1. The number of amidine groups is 1. The van der Waals surface area contributed by atoms with Gasteiger partial charge in [-0.15, -0.1) is 15.7 Å². The summed E-state index contributed by atoms with van der Waals surface area (Å²) in [7, 11) is -3.73. The van der Waals surface area contributed by atoms with Crippen LogP contribution >= 0.6 is 11.3 Å². The van der Waals surface area contributed by atoms with Crippen LogP contribution in [0.1, 0.15) is 29.8 Å². The number of likely N-dealkylation sites (tertiary alicyclic amines) is 1. The van der Waals surface area contributed by atoms with Crippen molar-refractivity contribution in [2.24, 2.45) is 4.40 Å². The van der Waals surface area contributed by atoms with E-state index in [-0.39, 0.29) is 10.8 Å². The summed E-state index contributed by atoms with van der Waals surface area (Å²) >= 11 is 1.58. The van der Waals surface area contributed by atoms with Crippen molar-refractivity contribution in [1.82, 2.24) is 9.88 Å². The molecule has 2 aliphatic heterocycles. The van der Waals surface area contributed by atoms with Gasteiger partial charge < -0.3 is 10.2 Å². The number of piperidine rings is 1. The van der Waals surface area contributed by atoms with Gasteiger partial charge >= 0.3 is 0 Å². The molecule has 154 valence electrons. The molecule has 7 nitrogen and oxygen atoms in total. The van der Waals surface area contributed by atoms with Gasteiger partial charge in [-0.25, -0.2) is 4.98 Å². The Labute approximate surface area is 178 Å². The lowest BCUT2D eigenvalue weighted by Crippen LogP contribution is -2.50. The van der Waals surface area contributed by atoms with E-state index >= 15 is 0 Å². The Kier molecular flexibility index (Phi) is 4.59. The highest BCUT2D eigenvalue weighted by Crippen LogP contribution is 2.31. The van der Waals surface area contributed by atoms with E-state index in [1.165, 1.54) is 0 Å². The van der Waals surface area contributed by atoms with Gasteiger partial charge in [-0.1, -0.05) is 12.1 Å². The molecule has 30 heavy (non-hydrogen) atoms. The maximum atomic E-state index is 13.2. The third-order valence-electron chi connectivity index (χ3n) is 5.45. The Bertz CT molecular complexity index is 1300. The standard InChI is InChI=1S/C21H20N4O3S2/c1-13-22-16-10-9-14(12-18(16)29-13)23-21(26)17-7-4-5-11-25(17)20-15-6-2-3-8-19(15)30(27,28)24-20/h2-3,6,8-10,12,17H,4-5,7,11H2,1H3,(H,23,26). The topological polar surface area (TPSA) is 91.7 Å². The molecule has 1 N–H and O–H groups in total. The fraction of sp³-hybridized carbons (Fsp3) is 0.286. The van der Waals surface area contributed by atoms with E-state index in [0.717, 1.165) is 28.1 Å². The smallest absolute Gasteiger partial charge is 0.285 e. The van der Waals surface area contributed by atoms with Gasteiger partial charge in [-0.2, -0.15) is 8.42 Å². The van der Waals surface area contributed by atoms with Crippen LogP contribution in [0.25, 0.3) is 10.2 Å². The van der Waals surface area contributed by atoms with E-state index in [1.54, 1.807) is 35.6 Å². The van der Waals surface area contributed by atoms with Crippen LogP contribution in [0, 0.1) is 6.92 Å². The van der Waals surface area contributed by atoms with Crippen molar-refractivity contribution in [3.63, 3.8) is 0 Å². The highest BCUT2D eigenvalue weighted by Gasteiger charge is 2.37. The van der Waals surface area contributed by atoms with Crippen molar-refractivity contribution in [2.45, 2.75) is 37.1 Å². The van der Waals surface area contributed by atoms with Crippen LogP contribution in [0.2, 0.25) is 0 Å². The molecule has 2 aromatic carbocycles. The second-order valence-electron chi connectivity index (χ2n) is 7.50. The Hall–Kier alpha value is -2.78. The van der Waals surface area contributed by atoms with Crippen LogP contribution in [0.5, 0.6) is 0 Å². The van der Waals surface area contributed by atoms with Crippen molar-refractivity contribution < 1.29 is 13.2 Å². The summed E-state index contributed by atoms with van der Waals surface area (Å²) in [6.07, 6.45) is 2.44. The number of aromatic nitrogens is 1. The van der Waals surface area contributed by atoms with E-state index in [0.29, 0.717) is 30.1 Å². The molecule has 2 aliphatic rings. The SMILES string of the molecule is Cc1nc2ccc(NC(=O)C3CCCCN3C3=NS(=O)(=O)c4ccccc43)cc2s1. The summed E-state index contributed by atoms with van der Waals surface area (Å²) in [5.74, 6) is 0.221. The van der Waals surface area contributed by atoms with Crippen LogP contribution in [-0.2, 0) is 14.8 Å². The first-order chi connectivity index (χ1) is 14.4. The summed E-state index contributed by atoms with van der Waals surface area (Å²) in [5.41, 5.74) is 2.19. The predicted octanol–water partition coefficient (Wildman–Crippen LogP) is 3.55. The molecular formula is C21H20N4O3S2. The Morgan fingerprint density at radius 1 is 1.20 bits per heavy atom. The minimum atomic E-state index is -3.73. The molecule has 0 radical (unpaired) electrons. The minimum Gasteiger partial charge on any atom is -0.343 e. The zero-order valence-corrected chi connectivity index (χ0v) is 18.0. The number of amides is 1. The molecule has 0 bridgehead atoms.